The lowest BCUT2D eigenvalue weighted by atomic mass is 10.2. The highest BCUT2D eigenvalue weighted by Gasteiger charge is 2.43. The molecule has 0 saturated heterocycles. The van der Waals surface area contributed by atoms with E-state index in [1.165, 1.54) is 11.3 Å². The molecular weight excluding hydrogens is 450 g/mol. The molecule has 0 radical (unpaired) electrons. The van der Waals surface area contributed by atoms with Crippen molar-refractivity contribution in [1.82, 2.24) is 29.0 Å². The summed E-state index contributed by atoms with van der Waals surface area (Å²) < 4.78 is 3.98. The summed E-state index contributed by atoms with van der Waals surface area (Å²) in [6.07, 6.45) is 6.16. The summed E-state index contributed by atoms with van der Waals surface area (Å²) >= 11 is 1.31. The van der Waals surface area contributed by atoms with Crippen LogP contribution in [0.5, 0.6) is 0 Å². The van der Waals surface area contributed by atoms with Gasteiger partial charge in [0.15, 0.2) is 16.7 Å². The van der Waals surface area contributed by atoms with Gasteiger partial charge >= 0.3 is 0 Å². The molecule has 176 valence electrons. The minimum absolute atomic E-state index is 0.00617. The largest absolute Gasteiger partial charge is 0.333 e. The Balaban J connectivity index is 1.50. The third kappa shape index (κ3) is 3.31. The van der Waals surface area contributed by atoms with Crippen molar-refractivity contribution >= 4 is 56.0 Å². The summed E-state index contributed by atoms with van der Waals surface area (Å²) in [6.45, 7) is 6.05. The zero-order valence-corrected chi connectivity index (χ0v) is 20.6. The molecule has 0 atom stereocenters. The average Bonchev–Trinajstić information content (AvgIpc) is 3.71. The Morgan fingerprint density at radius 1 is 1.21 bits per heavy atom. The van der Waals surface area contributed by atoms with Crippen molar-refractivity contribution in [3.05, 3.63) is 28.7 Å². The molecule has 0 aromatic carbocycles. The number of anilines is 2. The van der Waals surface area contributed by atoms with Crippen molar-refractivity contribution in [1.29, 1.82) is 0 Å². The van der Waals surface area contributed by atoms with Gasteiger partial charge in [-0.05, 0) is 45.6 Å². The van der Waals surface area contributed by atoms with Gasteiger partial charge in [-0.15, -0.1) is 0 Å². The van der Waals surface area contributed by atoms with Crippen LogP contribution < -0.4 is 5.32 Å². The highest BCUT2D eigenvalue weighted by molar-refractivity contribution is 7.17. The number of amides is 1. The van der Waals surface area contributed by atoms with E-state index in [0.717, 1.165) is 42.2 Å². The lowest BCUT2D eigenvalue weighted by Crippen LogP contribution is -2.36. The SMILES string of the molecule is CCn1c(C(=O)N(C2CC2)C2CC2)cc2c3c(ncn3C)c(Nc3nc(C)c(C(C)=O)s3)nc21. The summed E-state index contributed by atoms with van der Waals surface area (Å²) in [6, 6.07) is 2.75. The molecule has 2 aliphatic rings. The van der Waals surface area contributed by atoms with E-state index < -0.39 is 0 Å². The van der Waals surface area contributed by atoms with Crippen LogP contribution in [0.25, 0.3) is 22.1 Å². The molecule has 4 aromatic rings. The van der Waals surface area contributed by atoms with Gasteiger partial charge in [0.1, 0.15) is 16.9 Å². The Labute approximate surface area is 200 Å². The first-order valence-corrected chi connectivity index (χ1v) is 12.6. The van der Waals surface area contributed by atoms with Gasteiger partial charge in [-0.2, -0.15) is 0 Å². The number of hydrogen-bond donors (Lipinski definition) is 1. The summed E-state index contributed by atoms with van der Waals surface area (Å²) in [5.74, 6) is 0.671. The van der Waals surface area contributed by atoms with Gasteiger partial charge in [0.05, 0.1) is 22.4 Å². The van der Waals surface area contributed by atoms with Gasteiger partial charge in [-0.1, -0.05) is 11.3 Å². The van der Waals surface area contributed by atoms with Crippen LogP contribution in [-0.4, -0.2) is 52.8 Å². The van der Waals surface area contributed by atoms with E-state index in [9.17, 15) is 9.59 Å². The van der Waals surface area contributed by atoms with Crippen LogP contribution >= 0.6 is 11.3 Å². The third-order valence-corrected chi connectivity index (χ3v) is 7.87. The molecule has 4 heterocycles. The van der Waals surface area contributed by atoms with Gasteiger partial charge in [-0.3, -0.25) is 9.59 Å². The van der Waals surface area contributed by atoms with E-state index >= 15 is 0 Å². The second kappa shape index (κ2) is 7.63. The zero-order chi connectivity index (χ0) is 23.7. The molecule has 10 heteroatoms. The minimum Gasteiger partial charge on any atom is -0.333 e. The van der Waals surface area contributed by atoms with Gasteiger partial charge in [-0.25, -0.2) is 15.0 Å². The first kappa shape index (κ1) is 21.3. The molecule has 0 unspecified atom stereocenters. The van der Waals surface area contributed by atoms with Crippen molar-refractivity contribution in [2.45, 2.75) is 65.1 Å². The van der Waals surface area contributed by atoms with Crippen molar-refractivity contribution in [2.24, 2.45) is 7.05 Å². The number of nitrogens with zero attached hydrogens (tertiary/aromatic N) is 6. The molecule has 0 aliphatic heterocycles. The van der Waals surface area contributed by atoms with E-state index in [-0.39, 0.29) is 11.7 Å². The van der Waals surface area contributed by atoms with Crippen molar-refractivity contribution < 1.29 is 9.59 Å². The van der Waals surface area contributed by atoms with E-state index in [2.05, 4.69) is 20.2 Å². The summed E-state index contributed by atoms with van der Waals surface area (Å²) in [7, 11) is 1.95. The molecule has 9 nitrogen and oxygen atoms in total. The van der Waals surface area contributed by atoms with E-state index in [4.69, 9.17) is 4.98 Å². The van der Waals surface area contributed by atoms with Crippen molar-refractivity contribution in [3.63, 3.8) is 0 Å². The molecule has 4 aromatic heterocycles. The number of fused-ring (bicyclic) bond motifs is 3. The number of imidazole rings is 1. The first-order valence-electron chi connectivity index (χ1n) is 11.8. The molecule has 2 aliphatic carbocycles. The van der Waals surface area contributed by atoms with Crippen LogP contribution in [0.4, 0.5) is 10.9 Å². The molecule has 6 rings (SSSR count). The number of hydrogen-bond acceptors (Lipinski definition) is 7. The number of thiazole rings is 1. The third-order valence-electron chi connectivity index (χ3n) is 6.69. The van der Waals surface area contributed by atoms with E-state index in [0.29, 0.717) is 51.4 Å². The van der Waals surface area contributed by atoms with Gasteiger partial charge in [0, 0.05) is 38.0 Å². The first-order chi connectivity index (χ1) is 16.4. The lowest BCUT2D eigenvalue weighted by Gasteiger charge is -2.22. The van der Waals surface area contributed by atoms with Crippen LogP contribution in [0.3, 0.4) is 0 Å². The monoisotopic (exact) mass is 477 g/mol. The normalized spacial score (nSPS) is 15.9. The van der Waals surface area contributed by atoms with Gasteiger partial charge in [0.25, 0.3) is 5.91 Å². The number of aromatic nitrogens is 5. The Hall–Kier alpha value is -3.27. The van der Waals surface area contributed by atoms with Crippen LogP contribution in [0, 0.1) is 6.92 Å². The zero-order valence-electron chi connectivity index (χ0n) is 19.8. The van der Waals surface area contributed by atoms with Gasteiger partial charge in [0.2, 0.25) is 0 Å². The highest BCUT2D eigenvalue weighted by atomic mass is 32.1. The molecule has 2 fully saturated rings. The fourth-order valence-electron chi connectivity index (χ4n) is 4.84. The number of pyridine rings is 1. The maximum atomic E-state index is 13.7. The van der Waals surface area contributed by atoms with E-state index in [1.807, 2.05) is 36.1 Å². The summed E-state index contributed by atoms with van der Waals surface area (Å²) in [5, 5.41) is 4.81. The average molecular weight is 478 g/mol. The number of aryl methyl sites for hydroxylation is 3. The maximum absolute atomic E-state index is 13.7. The predicted octanol–water partition coefficient (Wildman–Crippen LogP) is 4.42. The second-order valence-corrected chi connectivity index (χ2v) is 10.3. The lowest BCUT2D eigenvalue weighted by molar-refractivity contribution is 0.0719. The van der Waals surface area contributed by atoms with Crippen LogP contribution in [0.1, 0.15) is 65.4 Å². The Bertz CT molecular complexity index is 1460. The smallest absolute Gasteiger partial charge is 0.271 e. The number of carbonyl (C=O) groups excluding carboxylic acids is 2. The van der Waals surface area contributed by atoms with E-state index in [1.54, 1.807) is 13.3 Å². The number of nitrogens with one attached hydrogen (secondary N) is 1. The molecule has 34 heavy (non-hydrogen) atoms. The molecule has 1 amide bonds. The van der Waals surface area contributed by atoms with Crippen LogP contribution in [0.15, 0.2) is 12.4 Å². The Morgan fingerprint density at radius 3 is 2.50 bits per heavy atom. The highest BCUT2D eigenvalue weighted by Crippen LogP contribution is 2.40. The van der Waals surface area contributed by atoms with Crippen molar-refractivity contribution in [2.75, 3.05) is 5.32 Å². The molecule has 0 bridgehead atoms. The standard InChI is InChI=1S/C24H27N7O2S/c1-5-30-17(23(33)31(14-6-7-14)15-8-9-15)10-16-19-18(25-11-29(19)4)21(27-22(16)30)28-24-26-12(2)20(34-24)13(3)32/h10-11,14-15H,5-9H2,1-4H3,(H,26,27,28). The predicted molar refractivity (Wildman–Crippen MR) is 132 cm³/mol. The number of ketones is 1. The number of Topliss-reactive ketones (excluding diaryl/α,β-unsaturated/α-hetero) is 1. The quantitative estimate of drug-likeness (QED) is 0.396. The topological polar surface area (TPSA) is 97.9 Å². The van der Waals surface area contributed by atoms with Crippen LogP contribution in [0.2, 0.25) is 0 Å². The Morgan fingerprint density at radius 2 is 1.91 bits per heavy atom. The summed E-state index contributed by atoms with van der Waals surface area (Å²) in [4.78, 5) is 42.4. The minimum atomic E-state index is -0.00617. The molecule has 2 saturated carbocycles. The molecule has 0 spiro atoms. The summed E-state index contributed by atoms with van der Waals surface area (Å²) in [5.41, 5.74) is 3.76. The molecule has 1 N–H and O–H groups in total. The fourth-order valence-corrected chi connectivity index (χ4v) is 5.70. The number of rotatable bonds is 7. The Kier molecular flexibility index (Phi) is 4.77. The molecular formula is C24H27N7O2S. The second-order valence-electron chi connectivity index (χ2n) is 9.31. The number of carbonyl (C=O) groups is 2. The van der Waals surface area contributed by atoms with Crippen LogP contribution in [-0.2, 0) is 13.6 Å². The fraction of sp³-hybridized carbons (Fsp3) is 0.458. The maximum Gasteiger partial charge on any atom is 0.271 e. The van der Waals surface area contributed by atoms with Gasteiger partial charge < -0.3 is 19.4 Å². The van der Waals surface area contributed by atoms with Crippen molar-refractivity contribution in [3.8, 4) is 0 Å².